The molecule has 0 bridgehead atoms. The topological polar surface area (TPSA) is 49.8 Å². The number of hydrogen-bond acceptors (Lipinski definition) is 3. The van der Waals surface area contributed by atoms with Crippen LogP contribution in [0.1, 0.15) is 23.5 Å². The van der Waals surface area contributed by atoms with Gasteiger partial charge in [-0.3, -0.25) is 4.99 Å². The van der Waals surface area contributed by atoms with Crippen LogP contribution in [0.2, 0.25) is 0 Å². The standard InChI is InChI=1S/C20H23F3N4O.HI/c1-24-19(27-11-9-17(13-27)15-6-3-2-4-7-15)26-12-16-8-5-10-25-18(16)28-14-20(21,22)23;/h2-8,10,17H,9,11-14H2,1H3,(H,24,26);1H. The van der Waals surface area contributed by atoms with Gasteiger partial charge in [-0.15, -0.1) is 24.0 Å². The molecule has 158 valence electrons. The van der Waals surface area contributed by atoms with Crippen LogP contribution >= 0.6 is 24.0 Å². The normalized spacial score (nSPS) is 17.0. The van der Waals surface area contributed by atoms with E-state index in [9.17, 15) is 13.2 Å². The smallest absolute Gasteiger partial charge is 0.422 e. The third-order valence-electron chi connectivity index (χ3n) is 4.63. The van der Waals surface area contributed by atoms with Crippen LogP contribution in [0.3, 0.4) is 0 Å². The molecule has 1 saturated heterocycles. The fourth-order valence-electron chi connectivity index (χ4n) is 3.30. The molecule has 0 amide bonds. The Kier molecular flexibility index (Phi) is 8.54. The predicted molar refractivity (Wildman–Crippen MR) is 117 cm³/mol. The van der Waals surface area contributed by atoms with Crippen molar-refractivity contribution < 1.29 is 17.9 Å². The number of hydrogen-bond donors (Lipinski definition) is 1. The van der Waals surface area contributed by atoms with E-state index in [1.54, 1.807) is 19.2 Å². The molecule has 1 N–H and O–H groups in total. The summed E-state index contributed by atoms with van der Waals surface area (Å²) in [6.07, 6.45) is -1.97. The minimum Gasteiger partial charge on any atom is -0.468 e. The number of nitrogens with zero attached hydrogens (tertiary/aromatic N) is 3. The first-order valence-electron chi connectivity index (χ1n) is 9.10. The molecule has 5 nitrogen and oxygen atoms in total. The molecule has 0 spiro atoms. The first-order chi connectivity index (χ1) is 13.5. The van der Waals surface area contributed by atoms with Crippen molar-refractivity contribution in [3.05, 3.63) is 59.8 Å². The minimum atomic E-state index is -4.40. The van der Waals surface area contributed by atoms with Gasteiger partial charge in [0.25, 0.3) is 0 Å². The average Bonchev–Trinajstić information content (AvgIpc) is 3.18. The first kappa shape index (κ1) is 23.2. The molecule has 2 heterocycles. The van der Waals surface area contributed by atoms with Gasteiger partial charge in [0.1, 0.15) is 0 Å². The summed E-state index contributed by atoms with van der Waals surface area (Å²) in [6.45, 7) is 0.620. The summed E-state index contributed by atoms with van der Waals surface area (Å²) in [5.74, 6) is 1.12. The second kappa shape index (κ2) is 10.7. The van der Waals surface area contributed by atoms with E-state index in [0.717, 1.165) is 19.5 Å². The van der Waals surface area contributed by atoms with Gasteiger partial charge in [-0.25, -0.2) is 4.98 Å². The van der Waals surface area contributed by atoms with Crippen molar-refractivity contribution in [3.8, 4) is 5.88 Å². The highest BCUT2D eigenvalue weighted by Crippen LogP contribution is 2.27. The summed E-state index contributed by atoms with van der Waals surface area (Å²) in [5, 5.41) is 3.21. The van der Waals surface area contributed by atoms with E-state index < -0.39 is 12.8 Å². The highest BCUT2D eigenvalue weighted by Gasteiger charge is 2.29. The molecule has 1 aliphatic heterocycles. The number of aliphatic imine (C=N–C) groups is 1. The van der Waals surface area contributed by atoms with Crippen LogP contribution in [0.15, 0.2) is 53.7 Å². The Labute approximate surface area is 185 Å². The number of guanidine groups is 1. The quantitative estimate of drug-likeness (QED) is 0.365. The van der Waals surface area contributed by atoms with Crippen LogP contribution in [0, 0.1) is 0 Å². The summed E-state index contributed by atoms with van der Waals surface area (Å²) in [5.41, 5.74) is 1.85. The SMILES string of the molecule is CN=C(NCc1cccnc1OCC(F)(F)F)N1CCC(c2ccccc2)C1.I. The van der Waals surface area contributed by atoms with Crippen LogP contribution in [0.4, 0.5) is 13.2 Å². The molecular formula is C20H24F3IN4O. The van der Waals surface area contributed by atoms with Crippen LogP contribution in [-0.2, 0) is 6.54 Å². The minimum absolute atomic E-state index is 0. The maximum absolute atomic E-state index is 12.4. The predicted octanol–water partition coefficient (Wildman–Crippen LogP) is 4.21. The van der Waals surface area contributed by atoms with Gasteiger partial charge >= 0.3 is 6.18 Å². The summed E-state index contributed by atoms with van der Waals surface area (Å²) >= 11 is 0. The summed E-state index contributed by atoms with van der Waals surface area (Å²) < 4.78 is 42.1. The highest BCUT2D eigenvalue weighted by molar-refractivity contribution is 14.0. The lowest BCUT2D eigenvalue weighted by molar-refractivity contribution is -0.154. The van der Waals surface area contributed by atoms with Gasteiger partial charge in [0.2, 0.25) is 5.88 Å². The maximum Gasteiger partial charge on any atom is 0.422 e. The third kappa shape index (κ3) is 6.76. The van der Waals surface area contributed by atoms with Gasteiger partial charge in [-0.05, 0) is 18.1 Å². The van der Waals surface area contributed by atoms with E-state index >= 15 is 0 Å². The van der Waals surface area contributed by atoms with Crippen molar-refractivity contribution in [2.24, 2.45) is 4.99 Å². The van der Waals surface area contributed by atoms with Gasteiger partial charge < -0.3 is 15.0 Å². The molecule has 1 aromatic carbocycles. The number of rotatable bonds is 5. The van der Waals surface area contributed by atoms with E-state index in [4.69, 9.17) is 4.74 Å². The van der Waals surface area contributed by atoms with Gasteiger partial charge in [0.05, 0.1) is 0 Å². The molecule has 1 unspecified atom stereocenters. The Balaban J connectivity index is 0.00000300. The number of aromatic nitrogens is 1. The van der Waals surface area contributed by atoms with Gasteiger partial charge in [0, 0.05) is 44.4 Å². The van der Waals surface area contributed by atoms with E-state index in [0.29, 0.717) is 17.4 Å². The zero-order chi connectivity index (χ0) is 20.0. The molecule has 1 atom stereocenters. The molecule has 9 heteroatoms. The monoisotopic (exact) mass is 520 g/mol. The highest BCUT2D eigenvalue weighted by atomic mass is 127. The molecule has 1 aromatic heterocycles. The van der Waals surface area contributed by atoms with Crippen LogP contribution in [0.5, 0.6) is 5.88 Å². The number of ether oxygens (including phenoxy) is 1. The molecule has 0 radical (unpaired) electrons. The van der Waals surface area contributed by atoms with Crippen molar-refractivity contribution >= 4 is 29.9 Å². The van der Waals surface area contributed by atoms with E-state index in [1.165, 1.54) is 11.8 Å². The largest absolute Gasteiger partial charge is 0.468 e. The fraction of sp³-hybridized carbons (Fsp3) is 0.400. The lowest BCUT2D eigenvalue weighted by atomic mass is 9.99. The molecule has 1 fully saturated rings. The van der Waals surface area contributed by atoms with Gasteiger partial charge in [-0.2, -0.15) is 13.2 Å². The van der Waals surface area contributed by atoms with Crippen molar-refractivity contribution in [3.63, 3.8) is 0 Å². The van der Waals surface area contributed by atoms with Crippen molar-refractivity contribution in [1.29, 1.82) is 0 Å². The van der Waals surface area contributed by atoms with E-state index in [-0.39, 0.29) is 36.4 Å². The number of pyridine rings is 1. The number of likely N-dealkylation sites (tertiary alicyclic amines) is 1. The summed E-state index contributed by atoms with van der Waals surface area (Å²) in [6, 6.07) is 13.7. The van der Waals surface area contributed by atoms with E-state index in [2.05, 4.69) is 32.3 Å². The molecule has 0 saturated carbocycles. The number of alkyl halides is 3. The third-order valence-corrected chi connectivity index (χ3v) is 4.63. The Hall–Kier alpha value is -2.04. The zero-order valence-corrected chi connectivity index (χ0v) is 18.4. The van der Waals surface area contributed by atoms with Crippen molar-refractivity contribution in [2.45, 2.75) is 25.1 Å². The maximum atomic E-state index is 12.4. The summed E-state index contributed by atoms with van der Waals surface area (Å²) in [7, 11) is 1.70. The number of benzene rings is 1. The van der Waals surface area contributed by atoms with Gasteiger partial charge in [0.15, 0.2) is 12.6 Å². The van der Waals surface area contributed by atoms with Crippen molar-refractivity contribution in [1.82, 2.24) is 15.2 Å². The Bertz CT molecular complexity index is 802. The Morgan fingerprint density at radius 1 is 1.24 bits per heavy atom. The lowest BCUT2D eigenvalue weighted by Gasteiger charge is -2.22. The van der Waals surface area contributed by atoms with Crippen LogP contribution < -0.4 is 10.1 Å². The first-order valence-corrected chi connectivity index (χ1v) is 9.10. The second-order valence-corrected chi connectivity index (χ2v) is 6.61. The number of nitrogens with one attached hydrogen (secondary N) is 1. The Morgan fingerprint density at radius 3 is 2.69 bits per heavy atom. The summed E-state index contributed by atoms with van der Waals surface area (Å²) in [4.78, 5) is 10.4. The number of halogens is 4. The molecule has 2 aromatic rings. The van der Waals surface area contributed by atoms with Crippen LogP contribution in [-0.4, -0.2) is 48.8 Å². The van der Waals surface area contributed by atoms with E-state index in [1.807, 2.05) is 18.2 Å². The van der Waals surface area contributed by atoms with Crippen LogP contribution in [0.25, 0.3) is 0 Å². The lowest BCUT2D eigenvalue weighted by Crippen LogP contribution is -2.39. The van der Waals surface area contributed by atoms with Gasteiger partial charge in [-0.1, -0.05) is 36.4 Å². The Morgan fingerprint density at radius 2 is 2.00 bits per heavy atom. The molecule has 1 aliphatic rings. The zero-order valence-electron chi connectivity index (χ0n) is 16.0. The second-order valence-electron chi connectivity index (χ2n) is 6.61. The molecule has 0 aliphatic carbocycles. The molecular weight excluding hydrogens is 496 g/mol. The molecule has 3 rings (SSSR count). The molecule has 29 heavy (non-hydrogen) atoms. The average molecular weight is 520 g/mol. The fourth-order valence-corrected chi connectivity index (χ4v) is 3.30. The van der Waals surface area contributed by atoms with Crippen molar-refractivity contribution in [2.75, 3.05) is 26.7 Å².